The maximum atomic E-state index is 13.1. The van der Waals surface area contributed by atoms with Crippen LogP contribution in [0.2, 0.25) is 0 Å². The molecule has 2 amide bonds. The van der Waals surface area contributed by atoms with E-state index in [1.165, 1.54) is 4.88 Å². The number of anilines is 1. The van der Waals surface area contributed by atoms with Gasteiger partial charge >= 0.3 is 6.03 Å². The number of thiophene rings is 1. The standard InChI is InChI=1S/C20H26N2O4S/c1-24-16-12-14(13-17(25-2)19(16)26-3)21-20(23)22-10-6-4-5-8-15(22)18-9-7-11-27-18/h7,9,11-13,15H,4-6,8,10H2,1-3H3,(H,21,23)/t15-/m0/s1. The van der Waals surface area contributed by atoms with E-state index >= 15 is 0 Å². The first-order chi connectivity index (χ1) is 13.2. The van der Waals surface area contributed by atoms with Gasteiger partial charge in [-0.05, 0) is 24.3 Å². The minimum atomic E-state index is -0.107. The normalized spacial score (nSPS) is 17.1. The number of methoxy groups -OCH3 is 3. The summed E-state index contributed by atoms with van der Waals surface area (Å²) in [4.78, 5) is 16.3. The summed E-state index contributed by atoms with van der Waals surface area (Å²) in [6.45, 7) is 0.749. The summed E-state index contributed by atoms with van der Waals surface area (Å²) in [6.07, 6.45) is 4.29. The number of hydrogen-bond acceptors (Lipinski definition) is 5. The first-order valence-corrected chi connectivity index (χ1v) is 9.97. The second-order valence-electron chi connectivity index (χ2n) is 6.42. The fourth-order valence-electron chi connectivity index (χ4n) is 3.48. The van der Waals surface area contributed by atoms with Crippen LogP contribution in [-0.2, 0) is 0 Å². The van der Waals surface area contributed by atoms with E-state index in [0.29, 0.717) is 22.9 Å². The molecule has 1 atom stereocenters. The first-order valence-electron chi connectivity index (χ1n) is 9.09. The molecule has 146 valence electrons. The summed E-state index contributed by atoms with van der Waals surface area (Å²) in [5.74, 6) is 1.53. The van der Waals surface area contributed by atoms with Gasteiger partial charge in [0.1, 0.15) is 0 Å². The van der Waals surface area contributed by atoms with Gasteiger partial charge in [-0.25, -0.2) is 4.79 Å². The van der Waals surface area contributed by atoms with Crippen molar-refractivity contribution in [3.8, 4) is 17.2 Å². The van der Waals surface area contributed by atoms with Crippen molar-refractivity contribution in [2.45, 2.75) is 31.7 Å². The average molecular weight is 391 g/mol. The fourth-order valence-corrected chi connectivity index (χ4v) is 4.35. The molecule has 1 aromatic heterocycles. The van der Waals surface area contributed by atoms with E-state index < -0.39 is 0 Å². The molecular formula is C20H26N2O4S. The van der Waals surface area contributed by atoms with Gasteiger partial charge in [-0.1, -0.05) is 18.9 Å². The molecule has 1 N–H and O–H groups in total. The minimum Gasteiger partial charge on any atom is -0.493 e. The summed E-state index contributed by atoms with van der Waals surface area (Å²) in [5.41, 5.74) is 0.615. The van der Waals surface area contributed by atoms with Gasteiger partial charge in [0.2, 0.25) is 5.75 Å². The number of nitrogens with one attached hydrogen (secondary N) is 1. The van der Waals surface area contributed by atoms with E-state index in [1.54, 1.807) is 44.8 Å². The van der Waals surface area contributed by atoms with Crippen molar-refractivity contribution in [1.29, 1.82) is 0 Å². The number of hydrogen-bond donors (Lipinski definition) is 1. The van der Waals surface area contributed by atoms with E-state index in [2.05, 4.69) is 16.8 Å². The van der Waals surface area contributed by atoms with Gasteiger partial charge in [0.15, 0.2) is 11.5 Å². The van der Waals surface area contributed by atoms with E-state index in [0.717, 1.165) is 32.2 Å². The molecule has 2 heterocycles. The number of urea groups is 1. The lowest BCUT2D eigenvalue weighted by Crippen LogP contribution is -2.37. The molecule has 6 nitrogen and oxygen atoms in total. The minimum absolute atomic E-state index is 0.107. The van der Waals surface area contributed by atoms with Gasteiger partial charge < -0.3 is 24.4 Å². The zero-order valence-electron chi connectivity index (χ0n) is 16.0. The van der Waals surface area contributed by atoms with Gasteiger partial charge in [-0.3, -0.25) is 0 Å². The van der Waals surface area contributed by atoms with Gasteiger partial charge in [0.05, 0.1) is 33.1 Å². The van der Waals surface area contributed by atoms with Crippen LogP contribution < -0.4 is 19.5 Å². The number of nitrogens with zero attached hydrogens (tertiary/aromatic N) is 1. The van der Waals surface area contributed by atoms with Crippen LogP contribution in [0, 0.1) is 0 Å². The molecule has 7 heteroatoms. The van der Waals surface area contributed by atoms with Crippen molar-refractivity contribution in [1.82, 2.24) is 4.90 Å². The van der Waals surface area contributed by atoms with Crippen molar-refractivity contribution in [2.24, 2.45) is 0 Å². The van der Waals surface area contributed by atoms with Crippen molar-refractivity contribution < 1.29 is 19.0 Å². The number of benzene rings is 1. The van der Waals surface area contributed by atoms with Crippen LogP contribution >= 0.6 is 11.3 Å². The van der Waals surface area contributed by atoms with E-state index in [-0.39, 0.29) is 12.1 Å². The van der Waals surface area contributed by atoms with Gasteiger partial charge in [0, 0.05) is 23.6 Å². The highest BCUT2D eigenvalue weighted by Crippen LogP contribution is 2.40. The molecule has 3 rings (SSSR count). The van der Waals surface area contributed by atoms with E-state index in [1.807, 2.05) is 11.0 Å². The Balaban J connectivity index is 1.84. The predicted octanol–water partition coefficient (Wildman–Crippen LogP) is 4.92. The lowest BCUT2D eigenvalue weighted by Gasteiger charge is -2.29. The summed E-state index contributed by atoms with van der Waals surface area (Å²) in [7, 11) is 4.68. The Bertz CT molecular complexity index is 738. The zero-order chi connectivity index (χ0) is 19.2. The molecule has 27 heavy (non-hydrogen) atoms. The summed E-state index contributed by atoms with van der Waals surface area (Å²) in [6, 6.07) is 7.66. The second-order valence-corrected chi connectivity index (χ2v) is 7.40. The molecule has 1 aliphatic heterocycles. The Labute approximate surface area is 164 Å². The molecule has 0 radical (unpaired) electrons. The summed E-state index contributed by atoms with van der Waals surface area (Å²) in [5, 5.41) is 5.07. The van der Waals surface area contributed by atoms with E-state index in [9.17, 15) is 4.79 Å². The number of amides is 2. The average Bonchev–Trinajstić information content (AvgIpc) is 3.11. The second kappa shape index (κ2) is 8.99. The largest absolute Gasteiger partial charge is 0.493 e. The molecule has 0 saturated carbocycles. The number of carbonyl (C=O) groups excluding carboxylic acids is 1. The SMILES string of the molecule is COc1cc(NC(=O)N2CCCCC[C@H]2c2cccs2)cc(OC)c1OC. The fraction of sp³-hybridized carbons (Fsp3) is 0.450. The van der Waals surface area contributed by atoms with Crippen LogP contribution in [0.25, 0.3) is 0 Å². The third-order valence-electron chi connectivity index (χ3n) is 4.80. The first kappa shape index (κ1) is 19.4. The predicted molar refractivity (Wildman–Crippen MR) is 107 cm³/mol. The molecule has 0 spiro atoms. The van der Waals surface area contributed by atoms with Crippen molar-refractivity contribution >= 4 is 23.1 Å². The van der Waals surface area contributed by atoms with Crippen molar-refractivity contribution in [3.05, 3.63) is 34.5 Å². The molecule has 0 bridgehead atoms. The number of carbonyl (C=O) groups is 1. The smallest absolute Gasteiger partial charge is 0.322 e. The highest BCUT2D eigenvalue weighted by Gasteiger charge is 2.28. The monoisotopic (exact) mass is 390 g/mol. The summed E-state index contributed by atoms with van der Waals surface area (Å²) >= 11 is 1.71. The van der Waals surface area contributed by atoms with Gasteiger partial charge in [-0.2, -0.15) is 0 Å². The molecule has 2 aromatic rings. The van der Waals surface area contributed by atoms with Crippen LogP contribution in [0.4, 0.5) is 10.5 Å². The van der Waals surface area contributed by atoms with Gasteiger partial charge in [-0.15, -0.1) is 11.3 Å². The third-order valence-corrected chi connectivity index (χ3v) is 5.77. The third kappa shape index (κ3) is 4.30. The molecule has 1 saturated heterocycles. The number of likely N-dealkylation sites (tertiary alicyclic amines) is 1. The van der Waals surface area contributed by atoms with Crippen LogP contribution in [0.3, 0.4) is 0 Å². The maximum absolute atomic E-state index is 13.1. The van der Waals surface area contributed by atoms with Crippen molar-refractivity contribution in [3.63, 3.8) is 0 Å². The van der Waals surface area contributed by atoms with Crippen LogP contribution in [0.5, 0.6) is 17.2 Å². The summed E-state index contributed by atoms with van der Waals surface area (Å²) < 4.78 is 16.1. The number of rotatable bonds is 5. The zero-order valence-corrected chi connectivity index (χ0v) is 16.8. The quantitative estimate of drug-likeness (QED) is 0.787. The van der Waals surface area contributed by atoms with Crippen LogP contribution in [0.15, 0.2) is 29.6 Å². The number of ether oxygens (including phenoxy) is 3. The lowest BCUT2D eigenvalue weighted by molar-refractivity contribution is 0.190. The molecular weight excluding hydrogens is 364 g/mol. The highest BCUT2D eigenvalue weighted by molar-refractivity contribution is 7.10. The molecule has 1 aromatic carbocycles. The Morgan fingerprint density at radius 2 is 1.85 bits per heavy atom. The van der Waals surface area contributed by atoms with Crippen molar-refractivity contribution in [2.75, 3.05) is 33.2 Å². The highest BCUT2D eigenvalue weighted by atomic mass is 32.1. The maximum Gasteiger partial charge on any atom is 0.322 e. The van der Waals surface area contributed by atoms with Crippen LogP contribution in [-0.4, -0.2) is 38.8 Å². The van der Waals surface area contributed by atoms with E-state index in [4.69, 9.17) is 14.2 Å². The Morgan fingerprint density at radius 1 is 1.11 bits per heavy atom. The Morgan fingerprint density at radius 3 is 2.44 bits per heavy atom. The Hall–Kier alpha value is -2.41. The lowest BCUT2D eigenvalue weighted by atomic mass is 10.1. The molecule has 1 fully saturated rings. The topological polar surface area (TPSA) is 60.0 Å². The molecule has 0 unspecified atom stereocenters. The molecule has 0 aliphatic carbocycles. The van der Waals surface area contributed by atoms with Crippen LogP contribution in [0.1, 0.15) is 36.6 Å². The molecule has 1 aliphatic rings. The van der Waals surface area contributed by atoms with Gasteiger partial charge in [0.25, 0.3) is 0 Å². The Kier molecular flexibility index (Phi) is 6.45.